The van der Waals surface area contributed by atoms with Gasteiger partial charge >= 0.3 is 6.61 Å². The van der Waals surface area contributed by atoms with Crippen molar-refractivity contribution in [2.75, 3.05) is 13.7 Å². The van der Waals surface area contributed by atoms with Gasteiger partial charge in [0.1, 0.15) is 11.5 Å². The van der Waals surface area contributed by atoms with E-state index in [9.17, 15) is 8.78 Å². The zero-order chi connectivity index (χ0) is 22.8. The molecular formula is C23H27F2N5O2. The fraction of sp³-hybridized carbons (Fsp3) is 0.304. The second kappa shape index (κ2) is 11.7. The number of hydrogen-bond acceptors (Lipinski definition) is 4. The van der Waals surface area contributed by atoms with E-state index in [-0.39, 0.29) is 12.3 Å². The van der Waals surface area contributed by atoms with Gasteiger partial charge in [0.05, 0.1) is 20.2 Å². The number of alkyl halides is 2. The molecular weight excluding hydrogens is 416 g/mol. The lowest BCUT2D eigenvalue weighted by Gasteiger charge is -2.15. The van der Waals surface area contributed by atoms with E-state index < -0.39 is 6.61 Å². The van der Waals surface area contributed by atoms with Crippen LogP contribution in [-0.4, -0.2) is 36.0 Å². The molecule has 0 radical (unpaired) electrons. The average Bonchev–Trinajstić information content (AvgIpc) is 3.30. The molecule has 0 aliphatic carbocycles. The van der Waals surface area contributed by atoms with Gasteiger partial charge in [-0.05, 0) is 42.3 Å². The molecule has 0 bridgehead atoms. The molecule has 0 fully saturated rings. The van der Waals surface area contributed by atoms with Crippen molar-refractivity contribution in [1.29, 1.82) is 0 Å². The summed E-state index contributed by atoms with van der Waals surface area (Å²) in [4.78, 5) is 4.54. The second-order valence-corrected chi connectivity index (χ2v) is 6.87. The third-order valence-electron chi connectivity index (χ3n) is 4.69. The first-order valence-corrected chi connectivity index (χ1v) is 10.3. The predicted octanol–water partition coefficient (Wildman–Crippen LogP) is 3.80. The van der Waals surface area contributed by atoms with Crippen LogP contribution in [0, 0.1) is 0 Å². The Morgan fingerprint density at radius 1 is 1.09 bits per heavy atom. The molecule has 0 unspecified atom stereocenters. The minimum absolute atomic E-state index is 0.0740. The highest BCUT2D eigenvalue weighted by atomic mass is 19.3. The lowest BCUT2D eigenvalue weighted by Crippen LogP contribution is -2.37. The zero-order valence-electron chi connectivity index (χ0n) is 18.1. The van der Waals surface area contributed by atoms with Crippen LogP contribution in [0.1, 0.15) is 23.6 Å². The van der Waals surface area contributed by atoms with Gasteiger partial charge in [-0.3, -0.25) is 4.68 Å². The van der Waals surface area contributed by atoms with Crippen molar-refractivity contribution in [3.05, 3.63) is 77.6 Å². The number of nitrogens with zero attached hydrogens (tertiary/aromatic N) is 3. The second-order valence-electron chi connectivity index (χ2n) is 6.87. The van der Waals surface area contributed by atoms with Crippen LogP contribution < -0.4 is 20.1 Å². The number of halogens is 2. The Morgan fingerprint density at radius 2 is 1.91 bits per heavy atom. The molecule has 0 saturated heterocycles. The van der Waals surface area contributed by atoms with Crippen LogP contribution in [0.15, 0.2) is 65.9 Å². The molecule has 1 aromatic heterocycles. The maximum atomic E-state index is 12.8. The van der Waals surface area contributed by atoms with Crippen LogP contribution in [0.2, 0.25) is 0 Å². The molecule has 170 valence electrons. The lowest BCUT2D eigenvalue weighted by atomic mass is 10.1. The Labute approximate surface area is 186 Å². The van der Waals surface area contributed by atoms with Gasteiger partial charge in [0.2, 0.25) is 0 Å². The van der Waals surface area contributed by atoms with Crippen molar-refractivity contribution in [3.8, 4) is 11.5 Å². The summed E-state index contributed by atoms with van der Waals surface area (Å²) in [6.07, 6.45) is 3.67. The minimum atomic E-state index is -2.91. The van der Waals surface area contributed by atoms with E-state index in [2.05, 4.69) is 31.5 Å². The number of rotatable bonds is 10. The van der Waals surface area contributed by atoms with E-state index in [0.717, 1.165) is 11.1 Å². The van der Waals surface area contributed by atoms with Crippen LogP contribution in [0.3, 0.4) is 0 Å². The number of guanidine groups is 1. The fourth-order valence-electron chi connectivity index (χ4n) is 3.15. The maximum absolute atomic E-state index is 12.8. The number of ether oxygens (including phenoxy) is 2. The van der Waals surface area contributed by atoms with Crippen molar-refractivity contribution in [3.63, 3.8) is 0 Å². The number of nitrogens with one attached hydrogen (secondary N) is 2. The van der Waals surface area contributed by atoms with Crippen molar-refractivity contribution in [2.45, 2.75) is 33.2 Å². The largest absolute Gasteiger partial charge is 0.497 e. The van der Waals surface area contributed by atoms with E-state index in [1.807, 2.05) is 42.1 Å². The number of hydrogen-bond donors (Lipinski definition) is 2. The van der Waals surface area contributed by atoms with Gasteiger partial charge in [-0.2, -0.15) is 13.9 Å². The van der Waals surface area contributed by atoms with Crippen molar-refractivity contribution in [1.82, 2.24) is 20.4 Å². The normalized spacial score (nSPS) is 11.5. The van der Waals surface area contributed by atoms with Gasteiger partial charge in [0.25, 0.3) is 0 Å². The quantitative estimate of drug-likeness (QED) is 0.368. The molecule has 2 aromatic carbocycles. The molecule has 0 amide bonds. The molecule has 7 nitrogen and oxygen atoms in total. The Bertz CT molecular complexity index is 1010. The molecule has 0 saturated carbocycles. The summed E-state index contributed by atoms with van der Waals surface area (Å²) >= 11 is 0. The highest BCUT2D eigenvalue weighted by Gasteiger charge is 2.11. The minimum Gasteiger partial charge on any atom is -0.497 e. The fourth-order valence-corrected chi connectivity index (χ4v) is 3.15. The van der Waals surface area contributed by atoms with Gasteiger partial charge in [0, 0.05) is 31.0 Å². The molecule has 32 heavy (non-hydrogen) atoms. The summed E-state index contributed by atoms with van der Waals surface area (Å²) in [5, 5.41) is 10.8. The highest BCUT2D eigenvalue weighted by Crippen LogP contribution is 2.26. The summed E-state index contributed by atoms with van der Waals surface area (Å²) in [7, 11) is 1.52. The topological polar surface area (TPSA) is 72.7 Å². The molecule has 0 atom stereocenters. The number of aliphatic imine (C=N–C) groups is 1. The van der Waals surface area contributed by atoms with E-state index in [4.69, 9.17) is 4.74 Å². The van der Waals surface area contributed by atoms with E-state index >= 15 is 0 Å². The van der Waals surface area contributed by atoms with Gasteiger partial charge < -0.3 is 20.1 Å². The maximum Gasteiger partial charge on any atom is 0.387 e. The first-order valence-electron chi connectivity index (χ1n) is 10.3. The average molecular weight is 443 g/mol. The standard InChI is InChI=1S/C23H27F2N5O2/c1-3-26-23(28-15-19-13-20(31-2)9-10-21(19)32-22(24)25)27-14-17-7-4-5-8-18(17)16-30-12-6-11-29-30/h4-13,22H,3,14-16H2,1-2H3,(H2,26,27,28). The molecule has 1 heterocycles. The molecule has 9 heteroatoms. The van der Waals surface area contributed by atoms with Crippen LogP contribution >= 0.6 is 0 Å². The zero-order valence-corrected chi connectivity index (χ0v) is 18.1. The molecule has 0 aliphatic rings. The number of aromatic nitrogens is 2. The Morgan fingerprint density at radius 3 is 2.59 bits per heavy atom. The van der Waals surface area contributed by atoms with Gasteiger partial charge in [-0.15, -0.1) is 0 Å². The van der Waals surface area contributed by atoms with Crippen LogP contribution in [0.5, 0.6) is 11.5 Å². The van der Waals surface area contributed by atoms with Crippen LogP contribution in [0.4, 0.5) is 8.78 Å². The van der Waals surface area contributed by atoms with Gasteiger partial charge in [0.15, 0.2) is 5.96 Å². The third kappa shape index (κ3) is 6.69. The summed E-state index contributed by atoms with van der Waals surface area (Å²) in [6.45, 7) is 1.05. The van der Waals surface area contributed by atoms with Crippen LogP contribution in [-0.2, 0) is 19.6 Å². The van der Waals surface area contributed by atoms with E-state index in [0.29, 0.717) is 36.9 Å². The smallest absolute Gasteiger partial charge is 0.387 e. The number of benzene rings is 2. The van der Waals surface area contributed by atoms with Crippen molar-refractivity contribution in [2.24, 2.45) is 4.99 Å². The Balaban J connectivity index is 1.73. The summed E-state index contributed by atoms with van der Waals surface area (Å²) in [6, 6.07) is 14.7. The summed E-state index contributed by atoms with van der Waals surface area (Å²) in [5.41, 5.74) is 2.75. The van der Waals surface area contributed by atoms with Gasteiger partial charge in [-0.25, -0.2) is 4.99 Å². The summed E-state index contributed by atoms with van der Waals surface area (Å²) < 4.78 is 37.2. The first kappa shape index (κ1) is 23.1. The molecule has 3 rings (SSSR count). The van der Waals surface area contributed by atoms with Crippen molar-refractivity contribution >= 4 is 5.96 Å². The van der Waals surface area contributed by atoms with Gasteiger partial charge in [-0.1, -0.05) is 24.3 Å². The monoisotopic (exact) mass is 443 g/mol. The lowest BCUT2D eigenvalue weighted by molar-refractivity contribution is -0.0504. The molecule has 3 aromatic rings. The first-order chi connectivity index (χ1) is 15.6. The number of methoxy groups -OCH3 is 1. The van der Waals surface area contributed by atoms with E-state index in [1.165, 1.54) is 13.2 Å². The SMILES string of the molecule is CCNC(=NCc1cc(OC)ccc1OC(F)F)NCc1ccccc1Cn1cccn1. The van der Waals surface area contributed by atoms with Crippen LogP contribution in [0.25, 0.3) is 0 Å². The Kier molecular flexibility index (Phi) is 8.42. The highest BCUT2D eigenvalue weighted by molar-refractivity contribution is 5.79. The summed E-state index contributed by atoms with van der Waals surface area (Å²) in [5.74, 6) is 1.18. The molecule has 0 aliphatic heterocycles. The molecule has 2 N–H and O–H groups in total. The third-order valence-corrected chi connectivity index (χ3v) is 4.69. The van der Waals surface area contributed by atoms with E-state index in [1.54, 1.807) is 18.3 Å². The van der Waals surface area contributed by atoms with Crippen molar-refractivity contribution < 1.29 is 18.3 Å². The predicted molar refractivity (Wildman–Crippen MR) is 119 cm³/mol. The molecule has 0 spiro atoms. The Hall–Kier alpha value is -3.62.